The van der Waals surface area contributed by atoms with Crippen molar-refractivity contribution in [2.75, 3.05) is 13.1 Å². The second-order valence-corrected chi connectivity index (χ2v) is 9.47. The number of aliphatic imine (C=N–C) groups is 1. The summed E-state index contributed by atoms with van der Waals surface area (Å²) >= 11 is 0. The fraction of sp³-hybridized carbons (Fsp3) is 0.433. The van der Waals surface area contributed by atoms with E-state index in [4.69, 9.17) is 4.99 Å². The number of hydrogen-bond acceptors (Lipinski definition) is 2. The molecule has 0 atom stereocenters. The molecule has 0 amide bonds. The lowest BCUT2D eigenvalue weighted by molar-refractivity contribution is 0.299. The minimum absolute atomic E-state index is 0.651. The van der Waals surface area contributed by atoms with Gasteiger partial charge in [0.05, 0.1) is 0 Å². The summed E-state index contributed by atoms with van der Waals surface area (Å²) in [5.41, 5.74) is 11.0. The van der Waals surface area contributed by atoms with Crippen molar-refractivity contribution in [3.8, 4) is 0 Å². The molecule has 2 aromatic rings. The number of likely N-dealkylation sites (tertiary alicyclic amines) is 1. The van der Waals surface area contributed by atoms with Gasteiger partial charge in [0.15, 0.2) is 0 Å². The van der Waals surface area contributed by atoms with Gasteiger partial charge in [-0.3, -0.25) is 4.99 Å². The fourth-order valence-corrected chi connectivity index (χ4v) is 4.78. The van der Waals surface area contributed by atoms with Gasteiger partial charge in [-0.25, -0.2) is 0 Å². The van der Waals surface area contributed by atoms with Crippen LogP contribution in [0, 0.1) is 20.8 Å². The molecule has 0 aliphatic carbocycles. The Morgan fingerprint density at radius 2 is 1.59 bits per heavy atom. The number of rotatable bonds is 8. The predicted octanol–water partition coefficient (Wildman–Crippen LogP) is 7.98. The van der Waals surface area contributed by atoms with Gasteiger partial charge < -0.3 is 4.90 Å². The van der Waals surface area contributed by atoms with Crippen LogP contribution < -0.4 is 0 Å². The molecule has 0 bridgehead atoms. The highest BCUT2D eigenvalue weighted by molar-refractivity contribution is 6.01. The molecular formula is C30H40N2. The molecular weight excluding hydrogens is 388 g/mol. The Labute approximate surface area is 195 Å². The molecule has 0 unspecified atom stereocenters. The Morgan fingerprint density at radius 3 is 2.22 bits per heavy atom. The van der Waals surface area contributed by atoms with Crippen molar-refractivity contribution in [3.63, 3.8) is 0 Å². The third-order valence-electron chi connectivity index (χ3n) is 6.84. The van der Waals surface area contributed by atoms with E-state index in [0.717, 1.165) is 43.0 Å². The van der Waals surface area contributed by atoms with Gasteiger partial charge in [0, 0.05) is 35.8 Å². The molecule has 1 heterocycles. The molecule has 0 radical (unpaired) electrons. The number of piperidine rings is 1. The summed E-state index contributed by atoms with van der Waals surface area (Å²) < 4.78 is 0. The van der Waals surface area contributed by atoms with E-state index in [1.807, 2.05) is 0 Å². The van der Waals surface area contributed by atoms with Crippen molar-refractivity contribution in [2.45, 2.75) is 72.6 Å². The number of unbranched alkanes of at least 4 members (excludes halogenated alkanes) is 1. The van der Waals surface area contributed by atoms with Crippen molar-refractivity contribution >= 4 is 11.4 Å². The van der Waals surface area contributed by atoms with Crippen LogP contribution in [0.2, 0.25) is 0 Å². The number of benzene rings is 2. The van der Waals surface area contributed by atoms with Crippen LogP contribution in [0.4, 0.5) is 0 Å². The topological polar surface area (TPSA) is 15.6 Å². The van der Waals surface area contributed by atoms with Crippen LogP contribution in [-0.4, -0.2) is 23.7 Å². The molecule has 2 aromatic carbocycles. The van der Waals surface area contributed by atoms with Crippen LogP contribution in [0.3, 0.4) is 0 Å². The van der Waals surface area contributed by atoms with Crippen LogP contribution in [0.15, 0.2) is 60.2 Å². The first kappa shape index (κ1) is 24.0. The molecule has 170 valence electrons. The largest absolute Gasteiger partial charge is 0.371 e. The highest BCUT2D eigenvalue weighted by atomic mass is 15.1. The molecule has 2 heteroatoms. The Hall–Kier alpha value is -2.61. The Morgan fingerprint density at radius 1 is 0.969 bits per heavy atom. The maximum atomic E-state index is 4.82. The number of hydrogen-bond donors (Lipinski definition) is 0. The second kappa shape index (κ2) is 10.8. The van der Waals surface area contributed by atoms with E-state index >= 15 is 0 Å². The average Bonchev–Trinajstić information content (AvgIpc) is 2.78. The lowest BCUT2D eigenvalue weighted by atomic mass is 9.88. The fourth-order valence-electron chi connectivity index (χ4n) is 4.78. The van der Waals surface area contributed by atoms with E-state index in [1.54, 1.807) is 0 Å². The van der Waals surface area contributed by atoms with Gasteiger partial charge in [-0.05, 0) is 87.6 Å². The van der Waals surface area contributed by atoms with E-state index in [1.165, 1.54) is 52.6 Å². The van der Waals surface area contributed by atoms with Crippen molar-refractivity contribution in [2.24, 2.45) is 4.99 Å². The molecule has 0 N–H and O–H groups in total. The van der Waals surface area contributed by atoms with E-state index in [9.17, 15) is 0 Å². The number of allylic oxidation sites excluding steroid dienone is 1. The lowest BCUT2D eigenvalue weighted by Crippen LogP contribution is -2.31. The van der Waals surface area contributed by atoms with Gasteiger partial charge in [-0.1, -0.05) is 62.4 Å². The quantitative estimate of drug-likeness (QED) is 0.389. The molecule has 3 rings (SSSR count). The van der Waals surface area contributed by atoms with E-state index in [0.29, 0.717) is 5.92 Å². The highest BCUT2D eigenvalue weighted by Gasteiger charge is 2.23. The Balaban J connectivity index is 1.74. The lowest BCUT2D eigenvalue weighted by Gasteiger charge is -2.35. The molecule has 1 aliphatic rings. The third-order valence-corrected chi connectivity index (χ3v) is 6.84. The zero-order valence-corrected chi connectivity index (χ0v) is 20.8. The van der Waals surface area contributed by atoms with Crippen LogP contribution in [-0.2, 0) is 0 Å². The Kier molecular flexibility index (Phi) is 8.12. The summed E-state index contributed by atoms with van der Waals surface area (Å²) in [6.07, 6.45) is 5.63. The first-order chi connectivity index (χ1) is 15.3. The van der Waals surface area contributed by atoms with Crippen LogP contribution in [0.1, 0.15) is 85.3 Å². The van der Waals surface area contributed by atoms with Crippen LogP contribution in [0.5, 0.6) is 0 Å². The summed E-state index contributed by atoms with van der Waals surface area (Å²) in [5, 5.41) is 0. The summed E-state index contributed by atoms with van der Waals surface area (Å²) in [6, 6.07) is 13.7. The molecule has 2 nitrogen and oxygen atoms in total. The Bertz CT molecular complexity index is 986. The van der Waals surface area contributed by atoms with E-state index < -0.39 is 0 Å². The first-order valence-electron chi connectivity index (χ1n) is 12.2. The molecule has 1 aliphatic heterocycles. The standard InChI is InChI=1S/C30H40N2/c1-8-9-10-24(5)31-25(6)29-20-30(23(4)19-22(29)3)26(7)32-17-15-28(16-18-32)27-13-11-21(2)12-14-27/h11-14,19-20,28H,5,7-10,15-18H2,1-4,6H3/b31-25+. The monoisotopic (exact) mass is 428 g/mol. The molecule has 1 fully saturated rings. The van der Waals surface area contributed by atoms with Gasteiger partial charge in [0.2, 0.25) is 0 Å². The summed E-state index contributed by atoms with van der Waals surface area (Å²) in [7, 11) is 0. The van der Waals surface area contributed by atoms with Crippen molar-refractivity contribution in [1.29, 1.82) is 0 Å². The molecule has 1 saturated heterocycles. The van der Waals surface area contributed by atoms with Gasteiger partial charge in [0.25, 0.3) is 0 Å². The van der Waals surface area contributed by atoms with Gasteiger partial charge in [0.1, 0.15) is 0 Å². The summed E-state index contributed by atoms with van der Waals surface area (Å²) in [6.45, 7) is 21.6. The van der Waals surface area contributed by atoms with Crippen molar-refractivity contribution in [3.05, 3.63) is 88.6 Å². The summed E-state index contributed by atoms with van der Waals surface area (Å²) in [4.78, 5) is 7.29. The molecule has 0 saturated carbocycles. The van der Waals surface area contributed by atoms with Gasteiger partial charge in [-0.2, -0.15) is 0 Å². The molecule has 0 spiro atoms. The number of nitrogens with zero attached hydrogens (tertiary/aromatic N) is 2. The summed E-state index contributed by atoms with van der Waals surface area (Å²) in [5.74, 6) is 0.651. The third kappa shape index (κ3) is 5.79. The van der Waals surface area contributed by atoms with Crippen molar-refractivity contribution < 1.29 is 0 Å². The maximum Gasteiger partial charge on any atom is 0.0450 e. The van der Waals surface area contributed by atoms with Gasteiger partial charge in [-0.15, -0.1) is 0 Å². The van der Waals surface area contributed by atoms with Crippen LogP contribution >= 0.6 is 0 Å². The maximum absolute atomic E-state index is 4.82. The minimum Gasteiger partial charge on any atom is -0.371 e. The van der Waals surface area contributed by atoms with E-state index in [-0.39, 0.29) is 0 Å². The highest BCUT2D eigenvalue weighted by Crippen LogP contribution is 2.33. The van der Waals surface area contributed by atoms with Crippen LogP contribution in [0.25, 0.3) is 5.70 Å². The average molecular weight is 429 g/mol. The normalized spacial score (nSPS) is 15.2. The minimum atomic E-state index is 0.651. The zero-order valence-electron chi connectivity index (χ0n) is 20.8. The SMILES string of the molecule is C=C(CCCC)/N=C(\C)c1cc(C(=C)N2CCC(c3ccc(C)cc3)CC2)c(C)cc1C. The molecule has 32 heavy (non-hydrogen) atoms. The zero-order chi connectivity index (χ0) is 23.3. The molecule has 0 aromatic heterocycles. The second-order valence-electron chi connectivity index (χ2n) is 9.47. The van der Waals surface area contributed by atoms with E-state index in [2.05, 4.69) is 89.1 Å². The predicted molar refractivity (Wildman–Crippen MR) is 141 cm³/mol. The number of aryl methyl sites for hydroxylation is 3. The first-order valence-corrected chi connectivity index (χ1v) is 12.2. The smallest absolute Gasteiger partial charge is 0.0450 e. The van der Waals surface area contributed by atoms with Gasteiger partial charge >= 0.3 is 0 Å². The van der Waals surface area contributed by atoms with Crippen molar-refractivity contribution in [1.82, 2.24) is 4.90 Å².